The Labute approximate surface area is 162 Å². The second kappa shape index (κ2) is 8.25. The number of thiocarbonyl (C=S) groups is 1. The molecular weight excluding hydrogens is 368 g/mol. The van der Waals surface area contributed by atoms with Crippen LogP contribution < -0.4 is 9.88 Å². The van der Waals surface area contributed by atoms with Gasteiger partial charge in [-0.2, -0.15) is 4.57 Å². The molecule has 1 N–H and O–H groups in total. The largest absolute Gasteiger partial charge is 0.467 e. The summed E-state index contributed by atoms with van der Waals surface area (Å²) in [6.07, 6.45) is 5.34. The molecule has 2 heterocycles. The van der Waals surface area contributed by atoms with Gasteiger partial charge in [0.25, 0.3) is 6.04 Å². The molecule has 0 amide bonds. The second-order valence-corrected chi connectivity index (χ2v) is 6.78. The number of ketones is 1. The average Bonchev–Trinajstić information content (AvgIpc) is 3.14. The van der Waals surface area contributed by atoms with Crippen molar-refractivity contribution in [1.29, 1.82) is 0 Å². The Morgan fingerprint density at radius 1 is 1.23 bits per heavy atom. The van der Waals surface area contributed by atoms with Gasteiger partial charge >= 0.3 is 0 Å². The Bertz CT molecular complexity index is 908. The van der Waals surface area contributed by atoms with E-state index >= 15 is 0 Å². The number of Topliss-reactive ketones (excluding diaryl/α,β-unsaturated/α-hetero) is 1. The molecule has 0 aliphatic heterocycles. The van der Waals surface area contributed by atoms with Crippen molar-refractivity contribution in [3.05, 3.63) is 89.1 Å². The third-order valence-electron chi connectivity index (χ3n) is 3.91. The summed E-state index contributed by atoms with van der Waals surface area (Å²) in [6, 6.07) is 13.7. The van der Waals surface area contributed by atoms with Crippen LogP contribution in [0.5, 0.6) is 0 Å². The van der Waals surface area contributed by atoms with Gasteiger partial charge in [-0.15, -0.1) is 0 Å². The SMILES string of the molecule is Cc1ccc[n+]([C@H](C(=O)c2ccc(Cl)cc2)C(=S)NCc2ccco2)c1. The van der Waals surface area contributed by atoms with Crippen LogP contribution >= 0.6 is 23.8 Å². The first-order valence-electron chi connectivity index (χ1n) is 8.12. The van der Waals surface area contributed by atoms with E-state index in [9.17, 15) is 4.79 Å². The number of carbonyl (C=O) groups excluding carboxylic acids is 1. The van der Waals surface area contributed by atoms with E-state index in [1.807, 2.05) is 48.1 Å². The lowest BCUT2D eigenvalue weighted by atomic mass is 10.0. The first-order valence-corrected chi connectivity index (χ1v) is 8.90. The molecule has 0 aliphatic rings. The average molecular weight is 386 g/mol. The number of halogens is 1. The standard InChI is InChI=1S/C20H17ClN2O2S/c1-14-4-2-10-23(13-14)18(19(24)15-6-8-16(21)9-7-15)20(26)22-12-17-5-3-11-25-17/h2-11,13,18H,12H2,1H3/p+1/t18-/m1/s1. The third kappa shape index (κ3) is 4.36. The van der Waals surface area contributed by atoms with Gasteiger partial charge in [0.05, 0.1) is 12.8 Å². The van der Waals surface area contributed by atoms with Gasteiger partial charge < -0.3 is 9.73 Å². The highest BCUT2D eigenvalue weighted by Gasteiger charge is 2.33. The van der Waals surface area contributed by atoms with Gasteiger partial charge in [-0.25, -0.2) is 0 Å². The zero-order valence-corrected chi connectivity index (χ0v) is 15.8. The van der Waals surface area contributed by atoms with E-state index in [-0.39, 0.29) is 5.78 Å². The van der Waals surface area contributed by atoms with Crippen LogP contribution in [0.1, 0.15) is 27.7 Å². The molecule has 0 fully saturated rings. The fraction of sp³-hybridized carbons (Fsp3) is 0.150. The summed E-state index contributed by atoms with van der Waals surface area (Å²) in [6.45, 7) is 2.39. The van der Waals surface area contributed by atoms with Crippen molar-refractivity contribution in [3.8, 4) is 0 Å². The Morgan fingerprint density at radius 2 is 2.00 bits per heavy atom. The maximum Gasteiger partial charge on any atom is 0.270 e. The lowest BCUT2D eigenvalue weighted by Crippen LogP contribution is -2.51. The van der Waals surface area contributed by atoms with Crippen LogP contribution in [0, 0.1) is 6.92 Å². The predicted octanol–water partition coefficient (Wildman–Crippen LogP) is 4.07. The van der Waals surface area contributed by atoms with Crippen LogP contribution in [-0.4, -0.2) is 10.8 Å². The number of nitrogens with one attached hydrogen (secondary N) is 1. The molecule has 0 spiro atoms. The zero-order chi connectivity index (χ0) is 18.5. The number of benzene rings is 1. The fourth-order valence-electron chi connectivity index (χ4n) is 2.62. The monoisotopic (exact) mass is 385 g/mol. The molecule has 26 heavy (non-hydrogen) atoms. The van der Waals surface area contributed by atoms with Gasteiger partial charge in [-0.3, -0.25) is 4.79 Å². The normalized spacial score (nSPS) is 11.8. The number of furan rings is 1. The molecule has 3 rings (SSSR count). The lowest BCUT2D eigenvalue weighted by molar-refractivity contribution is -0.692. The molecule has 6 heteroatoms. The van der Waals surface area contributed by atoms with Crippen LogP contribution in [0.3, 0.4) is 0 Å². The summed E-state index contributed by atoms with van der Waals surface area (Å²) in [5.74, 6) is 0.647. The molecule has 0 bridgehead atoms. The molecule has 0 saturated heterocycles. The Morgan fingerprint density at radius 3 is 2.65 bits per heavy atom. The summed E-state index contributed by atoms with van der Waals surface area (Å²) < 4.78 is 7.14. The van der Waals surface area contributed by atoms with Crippen molar-refractivity contribution < 1.29 is 13.8 Å². The van der Waals surface area contributed by atoms with Gasteiger partial charge in [0.1, 0.15) is 5.76 Å². The van der Waals surface area contributed by atoms with Crippen LogP contribution in [0.4, 0.5) is 0 Å². The van der Waals surface area contributed by atoms with Crippen LogP contribution in [0.2, 0.25) is 5.02 Å². The summed E-state index contributed by atoms with van der Waals surface area (Å²) in [7, 11) is 0. The van der Waals surface area contributed by atoms with Gasteiger partial charge in [0.2, 0.25) is 5.78 Å². The Kier molecular flexibility index (Phi) is 5.81. The third-order valence-corrected chi connectivity index (χ3v) is 4.53. The number of hydrogen-bond donors (Lipinski definition) is 1. The summed E-state index contributed by atoms with van der Waals surface area (Å²) in [4.78, 5) is 13.6. The quantitative estimate of drug-likeness (QED) is 0.394. The molecule has 1 atom stereocenters. The highest BCUT2D eigenvalue weighted by molar-refractivity contribution is 7.80. The number of hydrogen-bond acceptors (Lipinski definition) is 3. The highest BCUT2D eigenvalue weighted by Crippen LogP contribution is 2.15. The minimum atomic E-state index is -0.652. The fourth-order valence-corrected chi connectivity index (χ4v) is 3.05. The van der Waals surface area contributed by atoms with Crippen LogP contribution in [0.25, 0.3) is 0 Å². The molecule has 0 aliphatic carbocycles. The predicted molar refractivity (Wildman–Crippen MR) is 104 cm³/mol. The molecule has 132 valence electrons. The van der Waals surface area contributed by atoms with E-state index in [0.29, 0.717) is 22.1 Å². The second-order valence-electron chi connectivity index (χ2n) is 5.90. The van der Waals surface area contributed by atoms with Crippen LogP contribution in [0.15, 0.2) is 71.6 Å². The molecule has 4 nitrogen and oxygen atoms in total. The number of nitrogens with zero attached hydrogens (tertiary/aromatic N) is 1. The Hall–Kier alpha value is -2.50. The maximum absolute atomic E-state index is 13.2. The van der Waals surface area contributed by atoms with E-state index in [0.717, 1.165) is 11.3 Å². The number of aromatic nitrogens is 1. The number of pyridine rings is 1. The lowest BCUT2D eigenvalue weighted by Gasteiger charge is -2.14. The number of rotatable bonds is 6. The summed E-state index contributed by atoms with van der Waals surface area (Å²) in [5, 5.41) is 3.72. The van der Waals surface area contributed by atoms with Crippen LogP contribution in [-0.2, 0) is 6.54 Å². The smallest absolute Gasteiger partial charge is 0.270 e. The van der Waals surface area contributed by atoms with Crippen molar-refractivity contribution >= 4 is 34.6 Å². The number of carbonyl (C=O) groups is 1. The molecule has 3 aromatic rings. The topological polar surface area (TPSA) is 46.1 Å². The molecule has 0 saturated carbocycles. The highest BCUT2D eigenvalue weighted by atomic mass is 35.5. The van der Waals surface area contributed by atoms with E-state index in [1.54, 1.807) is 30.5 Å². The summed E-state index contributed by atoms with van der Waals surface area (Å²) in [5.41, 5.74) is 1.59. The van der Waals surface area contributed by atoms with E-state index in [1.165, 1.54) is 0 Å². The van der Waals surface area contributed by atoms with Gasteiger partial charge in [0, 0.05) is 22.2 Å². The van der Waals surface area contributed by atoms with Crippen molar-refractivity contribution in [3.63, 3.8) is 0 Å². The first kappa shape index (κ1) is 18.3. The summed E-state index contributed by atoms with van der Waals surface area (Å²) >= 11 is 11.5. The van der Waals surface area contributed by atoms with Crippen molar-refractivity contribution in [2.24, 2.45) is 0 Å². The minimum Gasteiger partial charge on any atom is -0.467 e. The van der Waals surface area contributed by atoms with E-state index in [2.05, 4.69) is 5.32 Å². The molecule has 1 aromatic carbocycles. The van der Waals surface area contributed by atoms with Crippen molar-refractivity contribution in [2.75, 3.05) is 0 Å². The van der Waals surface area contributed by atoms with E-state index < -0.39 is 6.04 Å². The van der Waals surface area contributed by atoms with Crippen molar-refractivity contribution in [2.45, 2.75) is 19.5 Å². The molecule has 0 unspecified atom stereocenters. The molecule has 2 aromatic heterocycles. The van der Waals surface area contributed by atoms with Gasteiger partial charge in [-0.1, -0.05) is 23.8 Å². The minimum absolute atomic E-state index is 0.103. The van der Waals surface area contributed by atoms with Gasteiger partial charge in [-0.05, 0) is 49.4 Å². The number of aryl methyl sites for hydroxylation is 1. The Balaban J connectivity index is 1.89. The van der Waals surface area contributed by atoms with Gasteiger partial charge in [0.15, 0.2) is 17.4 Å². The zero-order valence-electron chi connectivity index (χ0n) is 14.2. The van der Waals surface area contributed by atoms with Crippen molar-refractivity contribution in [1.82, 2.24) is 5.32 Å². The maximum atomic E-state index is 13.2. The molecular formula is C20H18ClN2O2S+. The molecule has 0 radical (unpaired) electrons. The first-order chi connectivity index (χ1) is 12.5. The van der Waals surface area contributed by atoms with E-state index in [4.69, 9.17) is 28.2 Å².